The molecule has 0 saturated heterocycles. The Morgan fingerprint density at radius 2 is 1.85 bits per heavy atom. The lowest BCUT2D eigenvalue weighted by Gasteiger charge is -2.12. The second-order valence-corrected chi connectivity index (χ2v) is 6.58. The van der Waals surface area contributed by atoms with Gasteiger partial charge in [-0.25, -0.2) is 8.42 Å². The standard InChI is InChI=1S/C9H15ClO2S/c1-5-13(11,12)8(10)6-7-9(2,3)4/h5-8H,1H2,2-4H3. The van der Waals surface area contributed by atoms with Crippen LogP contribution in [0.25, 0.3) is 0 Å². The highest BCUT2D eigenvalue weighted by Gasteiger charge is 2.16. The van der Waals surface area contributed by atoms with Gasteiger partial charge in [-0.15, -0.1) is 11.6 Å². The van der Waals surface area contributed by atoms with Crippen molar-refractivity contribution < 1.29 is 8.42 Å². The Kier molecular flexibility index (Phi) is 4.20. The second kappa shape index (κ2) is 4.29. The minimum absolute atomic E-state index is 0.0656. The van der Waals surface area contributed by atoms with Crippen LogP contribution in [0.5, 0.6) is 0 Å². The van der Waals surface area contributed by atoms with Crippen molar-refractivity contribution in [1.82, 2.24) is 0 Å². The first-order valence-corrected chi connectivity index (χ1v) is 5.93. The lowest BCUT2D eigenvalue weighted by atomic mass is 9.97. The van der Waals surface area contributed by atoms with Crippen LogP contribution in [-0.4, -0.2) is 13.1 Å². The molecular formula is C9H15ClO2S. The van der Waals surface area contributed by atoms with Crippen molar-refractivity contribution in [1.29, 1.82) is 0 Å². The van der Waals surface area contributed by atoms with Gasteiger partial charge in [-0.3, -0.25) is 0 Å². The number of allylic oxidation sites excluding steroid dienone is 1. The van der Waals surface area contributed by atoms with E-state index in [1.165, 1.54) is 6.08 Å². The van der Waals surface area contributed by atoms with Crippen molar-refractivity contribution in [3.63, 3.8) is 0 Å². The van der Waals surface area contributed by atoms with Gasteiger partial charge < -0.3 is 0 Å². The van der Waals surface area contributed by atoms with Crippen LogP contribution in [0.15, 0.2) is 24.1 Å². The first-order chi connectivity index (χ1) is 5.69. The van der Waals surface area contributed by atoms with E-state index >= 15 is 0 Å². The van der Waals surface area contributed by atoms with E-state index in [0.717, 1.165) is 5.41 Å². The van der Waals surface area contributed by atoms with Gasteiger partial charge >= 0.3 is 0 Å². The molecule has 2 nitrogen and oxygen atoms in total. The zero-order chi connectivity index (χ0) is 10.7. The zero-order valence-electron chi connectivity index (χ0n) is 8.12. The van der Waals surface area contributed by atoms with Gasteiger partial charge in [-0.2, -0.15) is 0 Å². The normalized spacial score (nSPS) is 16.0. The highest BCUT2D eigenvalue weighted by atomic mass is 35.5. The molecule has 0 aliphatic carbocycles. The summed E-state index contributed by atoms with van der Waals surface area (Å²) >= 11 is 5.63. The van der Waals surface area contributed by atoms with Gasteiger partial charge in [0.1, 0.15) is 0 Å². The largest absolute Gasteiger partial charge is 0.222 e. The summed E-state index contributed by atoms with van der Waals surface area (Å²) in [6.07, 6.45) is 3.24. The molecule has 0 heterocycles. The third-order valence-electron chi connectivity index (χ3n) is 1.29. The van der Waals surface area contributed by atoms with Gasteiger partial charge in [0.15, 0.2) is 14.5 Å². The quantitative estimate of drug-likeness (QED) is 0.544. The summed E-state index contributed by atoms with van der Waals surface area (Å²) in [4.78, 5) is 0. The molecule has 4 heteroatoms. The fourth-order valence-electron chi connectivity index (χ4n) is 0.566. The molecule has 1 unspecified atom stereocenters. The third kappa shape index (κ3) is 5.11. The van der Waals surface area contributed by atoms with Gasteiger partial charge in [0.05, 0.1) is 0 Å². The molecule has 0 radical (unpaired) electrons. The Morgan fingerprint density at radius 1 is 1.38 bits per heavy atom. The van der Waals surface area contributed by atoms with Crippen LogP contribution >= 0.6 is 11.6 Å². The lowest BCUT2D eigenvalue weighted by molar-refractivity contribution is 0.543. The Hall–Kier alpha value is -0.280. The number of alkyl halides is 1. The summed E-state index contributed by atoms with van der Waals surface area (Å²) in [6, 6.07) is 0. The van der Waals surface area contributed by atoms with E-state index in [2.05, 4.69) is 6.58 Å². The summed E-state index contributed by atoms with van der Waals surface area (Å²) in [5.41, 5.74) is -0.0656. The molecule has 0 aliphatic rings. The summed E-state index contributed by atoms with van der Waals surface area (Å²) in [5, 5.41) is 0.873. The highest BCUT2D eigenvalue weighted by molar-refractivity contribution is 7.96. The van der Waals surface area contributed by atoms with Crippen LogP contribution < -0.4 is 0 Å². The molecule has 76 valence electrons. The maximum Gasteiger partial charge on any atom is 0.191 e. The van der Waals surface area contributed by atoms with Gasteiger partial charge in [-0.1, -0.05) is 39.5 Å². The fraction of sp³-hybridized carbons (Fsp3) is 0.556. The second-order valence-electron chi connectivity index (χ2n) is 3.83. The molecule has 0 aromatic carbocycles. The van der Waals surface area contributed by atoms with E-state index in [0.29, 0.717) is 0 Å². The average molecular weight is 223 g/mol. The van der Waals surface area contributed by atoms with Crippen molar-refractivity contribution in [2.45, 2.75) is 25.5 Å². The SMILES string of the molecule is C=CS(=O)(=O)C(Cl)C=CC(C)(C)C. The topological polar surface area (TPSA) is 34.1 Å². The summed E-state index contributed by atoms with van der Waals surface area (Å²) < 4.78 is 21.2. The molecule has 0 rings (SSSR count). The smallest absolute Gasteiger partial charge is 0.191 e. The first kappa shape index (κ1) is 12.7. The zero-order valence-corrected chi connectivity index (χ0v) is 9.69. The fourth-order valence-corrected chi connectivity index (χ4v) is 1.34. The Labute approximate surface area is 85.2 Å². The number of hydrogen-bond donors (Lipinski definition) is 0. The third-order valence-corrected chi connectivity index (χ3v) is 3.43. The van der Waals surface area contributed by atoms with Crippen LogP contribution in [0.4, 0.5) is 0 Å². The monoisotopic (exact) mass is 222 g/mol. The number of sulfone groups is 1. The minimum Gasteiger partial charge on any atom is -0.222 e. The molecule has 1 atom stereocenters. The van der Waals surface area contributed by atoms with Crippen molar-refractivity contribution in [3.8, 4) is 0 Å². The molecule has 13 heavy (non-hydrogen) atoms. The molecule has 0 bridgehead atoms. The van der Waals surface area contributed by atoms with Crippen molar-refractivity contribution in [2.75, 3.05) is 0 Å². The van der Waals surface area contributed by atoms with Crippen molar-refractivity contribution >= 4 is 21.4 Å². The van der Waals surface area contributed by atoms with Crippen LogP contribution in [-0.2, 0) is 9.84 Å². The first-order valence-electron chi connectivity index (χ1n) is 3.89. The van der Waals surface area contributed by atoms with Gasteiger partial charge in [0.2, 0.25) is 0 Å². The van der Waals surface area contributed by atoms with E-state index in [-0.39, 0.29) is 5.41 Å². The van der Waals surface area contributed by atoms with E-state index in [1.807, 2.05) is 20.8 Å². The Balaban J connectivity index is 4.59. The predicted octanol–water partition coefficient (Wildman–Crippen LogP) is 2.71. The van der Waals surface area contributed by atoms with Crippen LogP contribution in [0, 0.1) is 5.41 Å². The summed E-state index contributed by atoms with van der Waals surface area (Å²) in [5.74, 6) is 0. The molecular weight excluding hydrogens is 208 g/mol. The lowest BCUT2D eigenvalue weighted by Crippen LogP contribution is -2.10. The van der Waals surface area contributed by atoms with Crippen molar-refractivity contribution in [2.24, 2.45) is 5.41 Å². The molecule has 0 aromatic rings. The van der Waals surface area contributed by atoms with Crippen LogP contribution in [0.2, 0.25) is 0 Å². The van der Waals surface area contributed by atoms with Crippen molar-refractivity contribution in [3.05, 3.63) is 24.1 Å². The molecule has 0 fully saturated rings. The maximum absolute atomic E-state index is 11.1. The molecule has 0 saturated carbocycles. The van der Waals surface area contributed by atoms with E-state index in [9.17, 15) is 8.42 Å². The molecule has 0 aliphatic heterocycles. The number of hydrogen-bond acceptors (Lipinski definition) is 2. The van der Waals surface area contributed by atoms with Crippen LogP contribution in [0.3, 0.4) is 0 Å². The van der Waals surface area contributed by atoms with Crippen LogP contribution in [0.1, 0.15) is 20.8 Å². The number of rotatable bonds is 3. The van der Waals surface area contributed by atoms with E-state index in [1.54, 1.807) is 6.08 Å². The Bertz CT molecular complexity index is 296. The molecule has 0 aromatic heterocycles. The molecule has 0 spiro atoms. The van der Waals surface area contributed by atoms with E-state index in [4.69, 9.17) is 11.6 Å². The maximum atomic E-state index is 11.1. The van der Waals surface area contributed by atoms with Gasteiger partial charge in [0.25, 0.3) is 0 Å². The molecule has 0 N–H and O–H groups in total. The highest BCUT2D eigenvalue weighted by Crippen LogP contribution is 2.18. The van der Waals surface area contributed by atoms with E-state index < -0.39 is 14.5 Å². The van der Waals surface area contributed by atoms with Gasteiger partial charge in [0, 0.05) is 5.41 Å². The number of halogens is 1. The summed E-state index contributed by atoms with van der Waals surface area (Å²) in [6.45, 7) is 9.09. The Morgan fingerprint density at radius 3 is 2.15 bits per heavy atom. The molecule has 0 amide bonds. The predicted molar refractivity (Wildman–Crippen MR) is 57.4 cm³/mol. The average Bonchev–Trinajstić information content (AvgIpc) is 1.98. The van der Waals surface area contributed by atoms with Gasteiger partial charge in [-0.05, 0) is 5.41 Å². The minimum atomic E-state index is -3.38. The summed E-state index contributed by atoms with van der Waals surface area (Å²) in [7, 11) is -3.38.